The third kappa shape index (κ3) is 3.63. The van der Waals surface area contributed by atoms with Crippen molar-refractivity contribution in [1.29, 1.82) is 0 Å². The van der Waals surface area contributed by atoms with Crippen molar-refractivity contribution in [2.24, 2.45) is 0 Å². The molecule has 0 radical (unpaired) electrons. The maximum Gasteiger partial charge on any atom is 0.274 e. The SMILES string of the molecule is COc1cc(Nc2ccc(C(=O)N3CCCC3)nn2)cc(OC)c1OC. The van der Waals surface area contributed by atoms with E-state index in [-0.39, 0.29) is 5.91 Å². The highest BCUT2D eigenvalue weighted by atomic mass is 16.5. The van der Waals surface area contributed by atoms with E-state index in [4.69, 9.17) is 14.2 Å². The highest BCUT2D eigenvalue weighted by molar-refractivity contribution is 5.92. The number of aromatic nitrogens is 2. The van der Waals surface area contributed by atoms with E-state index in [0.717, 1.165) is 25.9 Å². The van der Waals surface area contributed by atoms with Gasteiger partial charge in [0.15, 0.2) is 23.0 Å². The average Bonchev–Trinajstić information content (AvgIpc) is 3.22. The lowest BCUT2D eigenvalue weighted by Gasteiger charge is -2.15. The fourth-order valence-electron chi connectivity index (χ4n) is 2.90. The van der Waals surface area contributed by atoms with Gasteiger partial charge >= 0.3 is 0 Å². The molecule has 1 fully saturated rings. The number of anilines is 2. The Kier molecular flexibility index (Phi) is 5.40. The molecule has 0 unspecified atom stereocenters. The summed E-state index contributed by atoms with van der Waals surface area (Å²) >= 11 is 0. The summed E-state index contributed by atoms with van der Waals surface area (Å²) in [4.78, 5) is 14.1. The van der Waals surface area contributed by atoms with Crippen molar-refractivity contribution in [2.75, 3.05) is 39.7 Å². The maximum absolute atomic E-state index is 12.3. The summed E-state index contributed by atoms with van der Waals surface area (Å²) in [5, 5.41) is 11.3. The zero-order valence-electron chi connectivity index (χ0n) is 15.1. The molecule has 26 heavy (non-hydrogen) atoms. The van der Waals surface area contributed by atoms with E-state index in [9.17, 15) is 4.79 Å². The van der Waals surface area contributed by atoms with Crippen LogP contribution in [-0.2, 0) is 0 Å². The molecule has 1 aliphatic rings. The molecule has 2 aromatic rings. The Labute approximate surface area is 152 Å². The molecule has 0 saturated carbocycles. The molecule has 0 atom stereocenters. The molecule has 1 aliphatic heterocycles. The molecule has 0 aliphatic carbocycles. The predicted octanol–water partition coefficient (Wildman–Crippen LogP) is 2.48. The fourth-order valence-corrected chi connectivity index (χ4v) is 2.90. The number of rotatable bonds is 6. The standard InChI is InChI=1S/C18H22N4O4/c1-24-14-10-12(11-15(25-2)17(14)26-3)19-16-7-6-13(20-21-16)18(23)22-8-4-5-9-22/h6-7,10-11H,4-5,8-9H2,1-3H3,(H,19,21). The number of nitrogens with one attached hydrogen (secondary N) is 1. The van der Waals surface area contributed by atoms with Gasteiger partial charge in [-0.1, -0.05) is 0 Å². The Morgan fingerprint density at radius 2 is 1.65 bits per heavy atom. The minimum absolute atomic E-state index is 0.0747. The summed E-state index contributed by atoms with van der Waals surface area (Å²) < 4.78 is 16.0. The molecule has 8 nitrogen and oxygen atoms in total. The molecule has 138 valence electrons. The van der Waals surface area contributed by atoms with Gasteiger partial charge < -0.3 is 24.4 Å². The number of benzene rings is 1. The Morgan fingerprint density at radius 3 is 2.15 bits per heavy atom. The number of nitrogens with zero attached hydrogens (tertiary/aromatic N) is 3. The molecule has 0 bridgehead atoms. The van der Waals surface area contributed by atoms with E-state index in [1.807, 2.05) is 0 Å². The van der Waals surface area contributed by atoms with E-state index >= 15 is 0 Å². The van der Waals surface area contributed by atoms with Crippen molar-refractivity contribution in [3.05, 3.63) is 30.0 Å². The van der Waals surface area contributed by atoms with Gasteiger partial charge in [-0.15, -0.1) is 10.2 Å². The van der Waals surface area contributed by atoms with E-state index in [2.05, 4.69) is 15.5 Å². The first-order valence-corrected chi connectivity index (χ1v) is 8.36. The van der Waals surface area contributed by atoms with Crippen LogP contribution < -0.4 is 19.5 Å². The number of likely N-dealkylation sites (tertiary alicyclic amines) is 1. The first-order valence-electron chi connectivity index (χ1n) is 8.36. The summed E-state index contributed by atoms with van der Waals surface area (Å²) in [6.45, 7) is 1.57. The number of hydrogen-bond donors (Lipinski definition) is 1. The van der Waals surface area contributed by atoms with E-state index in [1.54, 1.807) is 50.5 Å². The second-order valence-corrected chi connectivity index (χ2v) is 5.84. The smallest absolute Gasteiger partial charge is 0.274 e. The number of carbonyl (C=O) groups excluding carboxylic acids is 1. The van der Waals surface area contributed by atoms with Crippen LogP contribution in [0.1, 0.15) is 23.3 Å². The molecule has 1 aromatic carbocycles. The van der Waals surface area contributed by atoms with E-state index in [0.29, 0.717) is 34.4 Å². The zero-order chi connectivity index (χ0) is 18.5. The van der Waals surface area contributed by atoms with Crippen molar-refractivity contribution >= 4 is 17.4 Å². The number of hydrogen-bond acceptors (Lipinski definition) is 7. The van der Waals surface area contributed by atoms with Crippen molar-refractivity contribution in [3.63, 3.8) is 0 Å². The lowest BCUT2D eigenvalue weighted by atomic mass is 10.2. The van der Waals surface area contributed by atoms with Gasteiger partial charge in [0.25, 0.3) is 5.91 Å². The molecule has 1 aromatic heterocycles. The Balaban J connectivity index is 1.77. The molecular weight excluding hydrogens is 336 g/mol. The highest BCUT2D eigenvalue weighted by Gasteiger charge is 2.21. The number of methoxy groups -OCH3 is 3. The molecule has 1 saturated heterocycles. The molecule has 8 heteroatoms. The quantitative estimate of drug-likeness (QED) is 0.849. The second kappa shape index (κ2) is 7.90. The highest BCUT2D eigenvalue weighted by Crippen LogP contribution is 2.40. The minimum Gasteiger partial charge on any atom is -0.493 e. The third-order valence-corrected chi connectivity index (χ3v) is 4.21. The maximum atomic E-state index is 12.3. The van der Waals surface area contributed by atoms with Crippen LogP contribution in [0.3, 0.4) is 0 Å². The zero-order valence-corrected chi connectivity index (χ0v) is 15.1. The van der Waals surface area contributed by atoms with Crippen LogP contribution >= 0.6 is 0 Å². The third-order valence-electron chi connectivity index (χ3n) is 4.21. The van der Waals surface area contributed by atoms with Crippen molar-refractivity contribution in [1.82, 2.24) is 15.1 Å². The van der Waals surface area contributed by atoms with Crippen LogP contribution in [0, 0.1) is 0 Å². The van der Waals surface area contributed by atoms with Crippen LogP contribution in [0.15, 0.2) is 24.3 Å². The molecule has 3 rings (SSSR count). The molecule has 1 N–H and O–H groups in total. The summed E-state index contributed by atoms with van der Waals surface area (Å²) in [6.07, 6.45) is 2.08. The van der Waals surface area contributed by atoms with Gasteiger partial charge in [-0.05, 0) is 25.0 Å². The van der Waals surface area contributed by atoms with Crippen LogP contribution in [-0.4, -0.2) is 55.4 Å². The predicted molar refractivity (Wildman–Crippen MR) is 96.6 cm³/mol. The summed E-state index contributed by atoms with van der Waals surface area (Å²) in [6, 6.07) is 6.94. The molecule has 2 heterocycles. The Bertz CT molecular complexity index is 748. The normalized spacial score (nSPS) is 13.4. The van der Waals surface area contributed by atoms with E-state index < -0.39 is 0 Å². The van der Waals surface area contributed by atoms with Gasteiger partial charge in [-0.25, -0.2) is 0 Å². The minimum atomic E-state index is -0.0747. The van der Waals surface area contributed by atoms with Gasteiger partial charge in [0.05, 0.1) is 21.3 Å². The van der Waals surface area contributed by atoms with Crippen molar-refractivity contribution < 1.29 is 19.0 Å². The summed E-state index contributed by atoms with van der Waals surface area (Å²) in [5.41, 5.74) is 1.05. The van der Waals surface area contributed by atoms with Gasteiger partial charge in [0.1, 0.15) is 0 Å². The van der Waals surface area contributed by atoms with Crippen LogP contribution in [0.5, 0.6) is 17.2 Å². The van der Waals surface area contributed by atoms with E-state index in [1.165, 1.54) is 0 Å². The van der Waals surface area contributed by atoms with Gasteiger partial charge in [0.2, 0.25) is 5.75 Å². The van der Waals surface area contributed by atoms with Crippen molar-refractivity contribution in [3.8, 4) is 17.2 Å². The van der Waals surface area contributed by atoms with Crippen LogP contribution in [0.4, 0.5) is 11.5 Å². The first kappa shape index (κ1) is 17.8. The number of amides is 1. The van der Waals surface area contributed by atoms with Crippen LogP contribution in [0.2, 0.25) is 0 Å². The largest absolute Gasteiger partial charge is 0.493 e. The molecule has 0 spiro atoms. The fraction of sp³-hybridized carbons (Fsp3) is 0.389. The summed E-state index contributed by atoms with van der Waals surface area (Å²) in [5.74, 6) is 2.01. The topological polar surface area (TPSA) is 85.8 Å². The molecule has 1 amide bonds. The van der Waals surface area contributed by atoms with Crippen LogP contribution in [0.25, 0.3) is 0 Å². The van der Waals surface area contributed by atoms with Gasteiger partial charge in [0, 0.05) is 30.9 Å². The second-order valence-electron chi connectivity index (χ2n) is 5.84. The monoisotopic (exact) mass is 358 g/mol. The summed E-state index contributed by atoms with van der Waals surface area (Å²) in [7, 11) is 4.66. The average molecular weight is 358 g/mol. The number of carbonyl (C=O) groups is 1. The van der Waals surface area contributed by atoms with Gasteiger partial charge in [-0.2, -0.15) is 0 Å². The lowest BCUT2D eigenvalue weighted by Crippen LogP contribution is -2.28. The lowest BCUT2D eigenvalue weighted by molar-refractivity contribution is 0.0786. The Hall–Kier alpha value is -3.03. The Morgan fingerprint density at radius 1 is 1.00 bits per heavy atom. The van der Waals surface area contributed by atoms with Gasteiger partial charge in [-0.3, -0.25) is 4.79 Å². The number of ether oxygens (including phenoxy) is 3. The molecular formula is C18H22N4O4. The first-order chi connectivity index (χ1) is 12.7. The van der Waals surface area contributed by atoms with Crippen molar-refractivity contribution in [2.45, 2.75) is 12.8 Å².